The normalized spacial score (nSPS) is 10.7. The van der Waals surface area contributed by atoms with Gasteiger partial charge in [0.15, 0.2) is 5.78 Å². The Morgan fingerprint density at radius 1 is 0.931 bits per heavy atom. The lowest BCUT2D eigenvalue weighted by atomic mass is 10.1. The molecule has 146 valence electrons. The van der Waals surface area contributed by atoms with Gasteiger partial charge >= 0.3 is 5.97 Å². The molecule has 3 aromatic carbocycles. The lowest BCUT2D eigenvalue weighted by molar-refractivity contribution is 0.0600. The molecule has 3 rings (SSSR count). The molecule has 0 unspecified atom stereocenters. The number of allylic oxidation sites excluding steroid dienone is 1. The summed E-state index contributed by atoms with van der Waals surface area (Å²) in [6.07, 6.45) is 3.18. The van der Waals surface area contributed by atoms with Crippen molar-refractivity contribution in [3.05, 3.63) is 101 Å². The van der Waals surface area contributed by atoms with Gasteiger partial charge in [-0.1, -0.05) is 42.5 Å². The van der Waals surface area contributed by atoms with Gasteiger partial charge in [-0.25, -0.2) is 4.79 Å². The summed E-state index contributed by atoms with van der Waals surface area (Å²) in [6, 6.07) is 20.6. The largest absolute Gasteiger partial charge is 0.508 e. The van der Waals surface area contributed by atoms with Crippen molar-refractivity contribution in [1.29, 1.82) is 0 Å². The van der Waals surface area contributed by atoms with Gasteiger partial charge in [0.1, 0.15) is 18.1 Å². The molecule has 0 saturated heterocycles. The van der Waals surface area contributed by atoms with E-state index in [0.29, 0.717) is 23.5 Å². The Labute approximate surface area is 168 Å². The second kappa shape index (κ2) is 9.37. The number of phenols is 1. The molecule has 0 fully saturated rings. The fourth-order valence-electron chi connectivity index (χ4n) is 2.62. The molecule has 0 atom stereocenters. The molecule has 0 heterocycles. The van der Waals surface area contributed by atoms with Gasteiger partial charge in [0.2, 0.25) is 0 Å². The molecule has 0 spiro atoms. The number of aromatic hydroxyl groups is 1. The van der Waals surface area contributed by atoms with Crippen LogP contribution in [0.5, 0.6) is 11.5 Å². The zero-order valence-electron chi connectivity index (χ0n) is 15.9. The number of ether oxygens (including phenoxy) is 2. The summed E-state index contributed by atoms with van der Waals surface area (Å²) in [5.74, 6) is 0.199. The van der Waals surface area contributed by atoms with Gasteiger partial charge in [0.05, 0.1) is 12.7 Å². The third kappa shape index (κ3) is 5.56. The van der Waals surface area contributed by atoms with Crippen molar-refractivity contribution >= 4 is 17.8 Å². The van der Waals surface area contributed by atoms with E-state index in [2.05, 4.69) is 4.74 Å². The number of hydrogen-bond donors (Lipinski definition) is 1. The summed E-state index contributed by atoms with van der Waals surface area (Å²) in [5, 5.41) is 9.45. The fourth-order valence-corrected chi connectivity index (χ4v) is 2.62. The van der Waals surface area contributed by atoms with E-state index in [1.807, 2.05) is 36.4 Å². The SMILES string of the molecule is COC(=O)c1ccc(COc2ccc(/C=C/C(=O)c3cccc(O)c3)cc2)cc1. The molecule has 5 nitrogen and oxygen atoms in total. The van der Waals surface area contributed by atoms with Gasteiger partial charge in [0.25, 0.3) is 0 Å². The van der Waals surface area contributed by atoms with Crippen LogP contribution in [0.2, 0.25) is 0 Å². The van der Waals surface area contributed by atoms with E-state index in [4.69, 9.17) is 4.74 Å². The van der Waals surface area contributed by atoms with Gasteiger partial charge < -0.3 is 14.6 Å². The number of carbonyl (C=O) groups is 2. The van der Waals surface area contributed by atoms with E-state index in [1.54, 1.807) is 30.3 Å². The summed E-state index contributed by atoms with van der Waals surface area (Å²) in [7, 11) is 1.35. The number of hydrogen-bond acceptors (Lipinski definition) is 5. The summed E-state index contributed by atoms with van der Waals surface area (Å²) in [4.78, 5) is 23.6. The Hall–Kier alpha value is -3.86. The van der Waals surface area contributed by atoms with Crippen LogP contribution in [0.3, 0.4) is 0 Å². The molecule has 0 radical (unpaired) electrons. The zero-order chi connectivity index (χ0) is 20.6. The van der Waals surface area contributed by atoms with Crippen LogP contribution < -0.4 is 4.74 Å². The zero-order valence-corrected chi connectivity index (χ0v) is 15.9. The Balaban J connectivity index is 1.56. The lowest BCUT2D eigenvalue weighted by Crippen LogP contribution is -2.01. The van der Waals surface area contributed by atoms with Crippen LogP contribution in [0, 0.1) is 0 Å². The number of esters is 1. The third-order valence-electron chi connectivity index (χ3n) is 4.22. The van der Waals surface area contributed by atoms with Gasteiger partial charge in [-0.2, -0.15) is 0 Å². The number of ketones is 1. The van der Waals surface area contributed by atoms with Crippen molar-refractivity contribution in [3.8, 4) is 11.5 Å². The molecule has 0 saturated carbocycles. The van der Waals surface area contributed by atoms with E-state index < -0.39 is 0 Å². The molecular formula is C24H20O5. The van der Waals surface area contributed by atoms with Crippen LogP contribution in [0.15, 0.2) is 78.9 Å². The lowest BCUT2D eigenvalue weighted by Gasteiger charge is -2.07. The van der Waals surface area contributed by atoms with Crippen molar-refractivity contribution < 1.29 is 24.2 Å². The quantitative estimate of drug-likeness (QED) is 0.362. The Morgan fingerprint density at radius 2 is 1.66 bits per heavy atom. The van der Waals surface area contributed by atoms with Crippen LogP contribution in [-0.4, -0.2) is 24.0 Å². The maximum absolute atomic E-state index is 12.1. The first-order valence-electron chi connectivity index (χ1n) is 8.97. The van der Waals surface area contributed by atoms with Crippen LogP contribution in [0.25, 0.3) is 6.08 Å². The van der Waals surface area contributed by atoms with Crippen LogP contribution in [0.1, 0.15) is 31.8 Å². The predicted octanol–water partition coefficient (Wildman–Crippen LogP) is 4.65. The molecule has 0 aliphatic heterocycles. The minimum absolute atomic E-state index is 0.0608. The van der Waals surface area contributed by atoms with Crippen LogP contribution in [0.4, 0.5) is 0 Å². The summed E-state index contributed by atoms with van der Waals surface area (Å²) in [6.45, 7) is 0.368. The predicted molar refractivity (Wildman–Crippen MR) is 110 cm³/mol. The fraction of sp³-hybridized carbons (Fsp3) is 0.0833. The van der Waals surface area contributed by atoms with Crippen molar-refractivity contribution in [3.63, 3.8) is 0 Å². The molecule has 3 aromatic rings. The van der Waals surface area contributed by atoms with Crippen LogP contribution in [-0.2, 0) is 11.3 Å². The molecule has 29 heavy (non-hydrogen) atoms. The second-order valence-electron chi connectivity index (χ2n) is 6.29. The molecule has 0 aliphatic carbocycles. The van der Waals surface area contributed by atoms with Crippen molar-refractivity contribution in [1.82, 2.24) is 0 Å². The molecule has 5 heteroatoms. The number of benzene rings is 3. The topological polar surface area (TPSA) is 72.8 Å². The molecule has 0 aliphatic rings. The first kappa shape index (κ1) is 19.9. The average molecular weight is 388 g/mol. The smallest absolute Gasteiger partial charge is 0.337 e. The number of rotatable bonds is 7. The summed E-state index contributed by atoms with van der Waals surface area (Å²) < 4.78 is 10.4. The Kier molecular flexibility index (Phi) is 6.43. The standard InChI is InChI=1S/C24H20O5/c1-28-24(27)19-10-5-18(6-11-19)16-29-22-12-7-17(8-13-22)9-14-23(26)20-3-2-4-21(25)15-20/h2-15,25H,16H2,1H3/b14-9+. The van der Waals surface area contributed by atoms with Gasteiger partial charge in [-0.05, 0) is 53.6 Å². The van der Waals surface area contributed by atoms with E-state index in [9.17, 15) is 14.7 Å². The molecule has 0 amide bonds. The number of carbonyl (C=O) groups excluding carboxylic acids is 2. The van der Waals surface area contributed by atoms with E-state index >= 15 is 0 Å². The Bertz CT molecular complexity index is 1020. The third-order valence-corrected chi connectivity index (χ3v) is 4.22. The maximum atomic E-state index is 12.1. The van der Waals surface area contributed by atoms with Gasteiger partial charge in [-0.15, -0.1) is 0 Å². The van der Waals surface area contributed by atoms with E-state index in [0.717, 1.165) is 11.1 Å². The highest BCUT2D eigenvalue weighted by molar-refractivity contribution is 6.07. The van der Waals surface area contributed by atoms with E-state index in [1.165, 1.54) is 25.3 Å². The monoisotopic (exact) mass is 388 g/mol. The average Bonchev–Trinajstić information content (AvgIpc) is 2.76. The first-order chi connectivity index (χ1) is 14.0. The van der Waals surface area contributed by atoms with E-state index in [-0.39, 0.29) is 17.5 Å². The highest BCUT2D eigenvalue weighted by Gasteiger charge is 2.05. The van der Waals surface area contributed by atoms with Gasteiger partial charge in [0, 0.05) is 5.56 Å². The van der Waals surface area contributed by atoms with Gasteiger partial charge in [-0.3, -0.25) is 4.79 Å². The molecule has 0 aromatic heterocycles. The number of phenolic OH excluding ortho intramolecular Hbond substituents is 1. The van der Waals surface area contributed by atoms with Crippen molar-refractivity contribution in [2.45, 2.75) is 6.61 Å². The minimum Gasteiger partial charge on any atom is -0.508 e. The van der Waals surface area contributed by atoms with Crippen molar-refractivity contribution in [2.75, 3.05) is 7.11 Å². The van der Waals surface area contributed by atoms with Crippen LogP contribution >= 0.6 is 0 Å². The molecule has 0 bridgehead atoms. The Morgan fingerprint density at radius 3 is 2.31 bits per heavy atom. The first-order valence-corrected chi connectivity index (χ1v) is 8.97. The summed E-state index contributed by atoms with van der Waals surface area (Å²) >= 11 is 0. The maximum Gasteiger partial charge on any atom is 0.337 e. The number of methoxy groups -OCH3 is 1. The summed E-state index contributed by atoms with van der Waals surface area (Å²) in [5.41, 5.74) is 2.71. The second-order valence-corrected chi connectivity index (χ2v) is 6.29. The minimum atomic E-state index is -0.372. The highest BCUT2D eigenvalue weighted by atomic mass is 16.5. The van der Waals surface area contributed by atoms with Crippen molar-refractivity contribution in [2.24, 2.45) is 0 Å². The highest BCUT2D eigenvalue weighted by Crippen LogP contribution is 2.17. The molecular weight excluding hydrogens is 368 g/mol. The molecule has 1 N–H and O–H groups in total.